The molecular formula is C19H9F3N10OS. The Kier molecular flexibility index (Phi) is 4.98. The largest absolute Gasteiger partial charge is 0.434 e. The minimum Gasteiger partial charge on any atom is -0.306 e. The van der Waals surface area contributed by atoms with Gasteiger partial charge in [-0.2, -0.15) is 33.7 Å². The number of benzene rings is 1. The van der Waals surface area contributed by atoms with E-state index in [4.69, 9.17) is 0 Å². The first kappa shape index (κ1) is 21.2. The van der Waals surface area contributed by atoms with Crippen LogP contribution in [-0.4, -0.2) is 45.3 Å². The number of hydrogen-bond donors (Lipinski definition) is 1. The van der Waals surface area contributed by atoms with E-state index in [0.29, 0.717) is 14.9 Å². The van der Waals surface area contributed by atoms with Gasteiger partial charge in [0.15, 0.2) is 11.5 Å². The summed E-state index contributed by atoms with van der Waals surface area (Å²) in [7, 11) is 0. The van der Waals surface area contributed by atoms with Crippen LogP contribution < -0.4 is 5.32 Å². The zero-order chi connectivity index (χ0) is 23.9. The molecule has 15 heteroatoms. The molecule has 0 unspecified atom stereocenters. The van der Waals surface area contributed by atoms with Crippen LogP contribution in [0.1, 0.15) is 21.6 Å². The van der Waals surface area contributed by atoms with E-state index in [1.807, 2.05) is 6.07 Å². The summed E-state index contributed by atoms with van der Waals surface area (Å²) in [6.07, 6.45) is -1.37. The van der Waals surface area contributed by atoms with Crippen molar-refractivity contribution in [2.24, 2.45) is 0 Å². The number of hydrogen-bond acceptors (Lipinski definition) is 9. The van der Waals surface area contributed by atoms with Gasteiger partial charge < -0.3 is 5.32 Å². The summed E-state index contributed by atoms with van der Waals surface area (Å²) in [5, 5.41) is 27.1. The molecule has 1 amide bonds. The van der Waals surface area contributed by atoms with Crippen molar-refractivity contribution in [3.05, 3.63) is 65.7 Å². The van der Waals surface area contributed by atoms with Crippen molar-refractivity contribution in [3.8, 4) is 17.6 Å². The summed E-state index contributed by atoms with van der Waals surface area (Å²) in [6.45, 7) is 0. The second kappa shape index (κ2) is 8.01. The van der Waals surface area contributed by atoms with E-state index in [2.05, 4.69) is 35.2 Å². The average molecular weight is 482 g/mol. The number of amides is 1. The van der Waals surface area contributed by atoms with Crippen LogP contribution in [0.5, 0.6) is 0 Å². The number of rotatable bonds is 4. The predicted octanol–water partition coefficient (Wildman–Crippen LogP) is 3.00. The lowest BCUT2D eigenvalue weighted by Gasteiger charge is -2.13. The second-order valence-corrected chi connectivity index (χ2v) is 7.42. The third kappa shape index (κ3) is 3.61. The Morgan fingerprint density at radius 3 is 2.65 bits per heavy atom. The van der Waals surface area contributed by atoms with E-state index in [9.17, 15) is 23.2 Å². The predicted molar refractivity (Wildman–Crippen MR) is 111 cm³/mol. The van der Waals surface area contributed by atoms with E-state index in [0.717, 1.165) is 22.5 Å². The van der Waals surface area contributed by atoms with Crippen molar-refractivity contribution in [2.45, 2.75) is 6.18 Å². The maximum atomic E-state index is 14.1. The number of aromatic nitrogens is 8. The zero-order valence-electron chi connectivity index (χ0n) is 16.6. The molecule has 0 bridgehead atoms. The third-order valence-corrected chi connectivity index (χ3v) is 5.37. The molecule has 1 aromatic carbocycles. The smallest absolute Gasteiger partial charge is 0.306 e. The van der Waals surface area contributed by atoms with Gasteiger partial charge in [0.2, 0.25) is 0 Å². The van der Waals surface area contributed by atoms with E-state index in [1.165, 1.54) is 36.7 Å². The molecule has 0 aliphatic rings. The van der Waals surface area contributed by atoms with Crippen LogP contribution in [0.25, 0.3) is 21.7 Å². The number of nitrogens with one attached hydrogen (secondary N) is 1. The van der Waals surface area contributed by atoms with Crippen molar-refractivity contribution in [1.29, 1.82) is 5.26 Å². The van der Waals surface area contributed by atoms with Crippen LogP contribution >= 0.6 is 11.5 Å². The third-order valence-electron chi connectivity index (χ3n) is 4.61. The summed E-state index contributed by atoms with van der Waals surface area (Å²) < 4.78 is 47.0. The van der Waals surface area contributed by atoms with Gasteiger partial charge in [-0.3, -0.25) is 4.79 Å². The molecule has 0 atom stereocenters. The summed E-state index contributed by atoms with van der Waals surface area (Å²) in [5.41, 5.74) is -1.40. The van der Waals surface area contributed by atoms with Gasteiger partial charge in [-0.15, -0.1) is 9.90 Å². The molecule has 0 radical (unpaired) electrons. The fourth-order valence-corrected chi connectivity index (χ4v) is 3.85. The Hall–Kier alpha value is -4.71. The lowest BCUT2D eigenvalue weighted by atomic mass is 10.2. The van der Waals surface area contributed by atoms with Gasteiger partial charge in [0.25, 0.3) is 5.91 Å². The first-order valence-electron chi connectivity index (χ1n) is 9.32. The highest BCUT2D eigenvalue weighted by Crippen LogP contribution is 2.36. The SMILES string of the molecule is N#Cc1ccc(NC(=O)c2cnn(-c3cccc4nnsc34)c2C(F)(F)F)nc1-n1nccn1. The number of nitrogens with zero attached hydrogens (tertiary/aromatic N) is 9. The van der Waals surface area contributed by atoms with Gasteiger partial charge in [-0.05, 0) is 35.8 Å². The van der Waals surface area contributed by atoms with Crippen molar-refractivity contribution in [2.75, 3.05) is 5.32 Å². The molecule has 1 N–H and O–H groups in total. The molecular weight excluding hydrogens is 473 g/mol. The number of alkyl halides is 3. The molecule has 11 nitrogen and oxygen atoms in total. The molecule has 4 aromatic heterocycles. The Bertz CT molecular complexity index is 1570. The van der Waals surface area contributed by atoms with Crippen molar-refractivity contribution >= 4 is 33.5 Å². The molecule has 0 aliphatic carbocycles. The Morgan fingerprint density at radius 1 is 1.12 bits per heavy atom. The van der Waals surface area contributed by atoms with Gasteiger partial charge in [-0.1, -0.05) is 10.6 Å². The Morgan fingerprint density at radius 2 is 1.91 bits per heavy atom. The van der Waals surface area contributed by atoms with Crippen LogP contribution in [0.4, 0.5) is 19.0 Å². The highest BCUT2D eigenvalue weighted by molar-refractivity contribution is 7.13. The van der Waals surface area contributed by atoms with Crippen LogP contribution in [-0.2, 0) is 6.18 Å². The number of halogens is 3. The Balaban J connectivity index is 1.55. The van der Waals surface area contributed by atoms with E-state index >= 15 is 0 Å². The van der Waals surface area contributed by atoms with Crippen molar-refractivity contribution in [3.63, 3.8) is 0 Å². The first-order chi connectivity index (χ1) is 16.4. The second-order valence-electron chi connectivity index (χ2n) is 6.67. The standard InChI is InChI=1S/C19H9F3N10OS/c20-19(21,22)16-11(9-26-31(16)13-3-1-2-12-15(13)34-30-29-12)18(33)28-14-5-4-10(8-23)17(27-14)32-24-6-7-25-32/h1-7,9H,(H,27,28,33). The van der Waals surface area contributed by atoms with E-state index in [1.54, 1.807) is 6.07 Å². The molecule has 0 saturated carbocycles. The molecule has 168 valence electrons. The first-order valence-corrected chi connectivity index (χ1v) is 10.1. The number of carbonyl (C=O) groups is 1. The highest BCUT2D eigenvalue weighted by Gasteiger charge is 2.41. The number of fused-ring (bicyclic) bond motifs is 1. The fourth-order valence-electron chi connectivity index (χ4n) is 3.19. The van der Waals surface area contributed by atoms with Gasteiger partial charge in [0.1, 0.15) is 22.1 Å². The zero-order valence-corrected chi connectivity index (χ0v) is 17.4. The number of carbonyl (C=O) groups excluding carboxylic acids is 1. The highest BCUT2D eigenvalue weighted by atomic mass is 32.1. The number of pyridine rings is 1. The fraction of sp³-hybridized carbons (Fsp3) is 0.0526. The molecule has 5 rings (SSSR count). The van der Waals surface area contributed by atoms with Crippen LogP contribution in [0.3, 0.4) is 0 Å². The quantitative estimate of drug-likeness (QED) is 0.412. The molecule has 0 spiro atoms. The molecule has 4 heterocycles. The van der Waals surface area contributed by atoms with Gasteiger partial charge >= 0.3 is 6.18 Å². The van der Waals surface area contributed by atoms with Crippen LogP contribution in [0, 0.1) is 11.3 Å². The lowest BCUT2D eigenvalue weighted by Crippen LogP contribution is -2.21. The van der Waals surface area contributed by atoms with Gasteiger partial charge in [0.05, 0.1) is 35.4 Å². The topological polar surface area (TPSA) is 140 Å². The van der Waals surface area contributed by atoms with Crippen molar-refractivity contribution < 1.29 is 18.0 Å². The normalized spacial score (nSPS) is 11.5. The molecule has 0 saturated heterocycles. The minimum absolute atomic E-state index is 0.00131. The van der Waals surface area contributed by atoms with Gasteiger partial charge in [-0.25, -0.2) is 9.67 Å². The average Bonchev–Trinajstić information content (AvgIpc) is 3.58. The minimum atomic E-state index is -4.91. The monoisotopic (exact) mass is 482 g/mol. The molecule has 34 heavy (non-hydrogen) atoms. The van der Waals surface area contributed by atoms with Crippen molar-refractivity contribution in [1.82, 2.24) is 39.3 Å². The van der Waals surface area contributed by atoms with E-state index < -0.39 is 23.3 Å². The lowest BCUT2D eigenvalue weighted by molar-refractivity contribution is -0.143. The summed E-state index contributed by atoms with van der Waals surface area (Å²) in [5.74, 6) is -1.20. The summed E-state index contributed by atoms with van der Waals surface area (Å²) in [6, 6.07) is 9.09. The number of nitriles is 1. The molecule has 5 aromatic rings. The number of anilines is 1. The van der Waals surface area contributed by atoms with Crippen LogP contribution in [0.2, 0.25) is 0 Å². The summed E-state index contributed by atoms with van der Waals surface area (Å²) >= 11 is 0.912. The van der Waals surface area contributed by atoms with E-state index in [-0.39, 0.29) is 22.9 Å². The maximum Gasteiger partial charge on any atom is 0.434 e. The Labute approximate surface area is 191 Å². The maximum absolute atomic E-state index is 14.1. The van der Waals surface area contributed by atoms with Crippen LogP contribution in [0.15, 0.2) is 48.9 Å². The summed E-state index contributed by atoms with van der Waals surface area (Å²) in [4.78, 5) is 18.0. The molecule has 0 fully saturated rings. The molecule has 0 aliphatic heterocycles. The van der Waals surface area contributed by atoms with Gasteiger partial charge in [0, 0.05) is 0 Å².